The largest absolute Gasteiger partial charge is 0.288 e. The lowest BCUT2D eigenvalue weighted by atomic mass is 10.3. The summed E-state index contributed by atoms with van der Waals surface area (Å²) >= 11 is 5.47. The Labute approximate surface area is 92.2 Å². The summed E-state index contributed by atoms with van der Waals surface area (Å²) in [4.78, 5) is 4.42. The van der Waals surface area contributed by atoms with Gasteiger partial charge < -0.3 is 0 Å². The number of benzene rings is 1. The van der Waals surface area contributed by atoms with Gasteiger partial charge in [0.25, 0.3) is 10.0 Å². The summed E-state index contributed by atoms with van der Waals surface area (Å²) in [5.74, 6) is -0.671. The zero-order valence-corrected chi connectivity index (χ0v) is 9.64. The summed E-state index contributed by atoms with van der Waals surface area (Å²) in [5, 5.41) is -0.249. The van der Waals surface area contributed by atoms with E-state index in [0.29, 0.717) is 4.47 Å². The van der Waals surface area contributed by atoms with E-state index in [4.69, 9.17) is 11.6 Å². The molecule has 7 heteroatoms. The monoisotopic (exact) mass is 253 g/mol. The second-order valence-electron chi connectivity index (χ2n) is 2.67. The number of sulfonamides is 1. The molecule has 0 fully saturated rings. The molecule has 84 valence electrons. The lowest BCUT2D eigenvalue weighted by Crippen LogP contribution is -2.25. The lowest BCUT2D eigenvalue weighted by Gasteiger charge is -2.14. The van der Waals surface area contributed by atoms with E-state index >= 15 is 0 Å². The molecule has 0 saturated heterocycles. The summed E-state index contributed by atoms with van der Waals surface area (Å²) in [6.45, 7) is 0. The molecule has 0 atom stereocenters. The van der Waals surface area contributed by atoms with Gasteiger partial charge in [-0.15, -0.1) is 0 Å². The minimum Gasteiger partial charge on any atom is -0.288 e. The maximum atomic E-state index is 12.8. The van der Waals surface area contributed by atoms with Crippen molar-refractivity contribution in [1.82, 2.24) is 4.47 Å². The first-order chi connectivity index (χ1) is 6.89. The Morgan fingerprint density at radius 1 is 1.47 bits per heavy atom. The van der Waals surface area contributed by atoms with E-state index in [0.717, 1.165) is 18.2 Å². The van der Waals surface area contributed by atoms with Crippen LogP contribution in [0.2, 0.25) is 5.02 Å². The third kappa shape index (κ3) is 2.46. The van der Waals surface area contributed by atoms with Gasteiger partial charge in [-0.1, -0.05) is 16.1 Å². The van der Waals surface area contributed by atoms with E-state index in [1.807, 2.05) is 0 Å². The first-order valence-electron chi connectivity index (χ1n) is 3.87. The Kier molecular flexibility index (Phi) is 3.67. The zero-order valence-electron chi connectivity index (χ0n) is 8.07. The highest BCUT2D eigenvalue weighted by Gasteiger charge is 2.21. The number of nitrogens with zero attached hydrogens (tertiary/aromatic N) is 1. The molecule has 1 aromatic rings. The van der Waals surface area contributed by atoms with E-state index < -0.39 is 15.8 Å². The number of hydrogen-bond acceptors (Lipinski definition) is 3. The van der Waals surface area contributed by atoms with Gasteiger partial charge in [-0.25, -0.2) is 12.8 Å². The second kappa shape index (κ2) is 4.44. The number of hydrogen-bond donors (Lipinski definition) is 0. The molecule has 0 radical (unpaired) electrons. The van der Waals surface area contributed by atoms with Crippen molar-refractivity contribution in [2.24, 2.45) is 0 Å². The van der Waals surface area contributed by atoms with E-state index in [2.05, 4.69) is 4.84 Å². The molecular formula is C8H9ClFNO3S. The Balaban J connectivity index is 3.23. The van der Waals surface area contributed by atoms with Gasteiger partial charge in [-0.05, 0) is 18.2 Å². The summed E-state index contributed by atoms with van der Waals surface area (Å²) in [5.41, 5.74) is 0. The van der Waals surface area contributed by atoms with Crippen molar-refractivity contribution in [3.63, 3.8) is 0 Å². The second-order valence-corrected chi connectivity index (χ2v) is 5.02. The lowest BCUT2D eigenvalue weighted by molar-refractivity contribution is -0.0258. The molecule has 0 aliphatic heterocycles. The molecule has 4 nitrogen and oxygen atoms in total. The fraction of sp³-hybridized carbons (Fsp3) is 0.250. The molecule has 0 heterocycles. The molecule has 0 aliphatic carbocycles. The highest BCUT2D eigenvalue weighted by molar-refractivity contribution is 7.89. The van der Waals surface area contributed by atoms with Gasteiger partial charge in [-0.2, -0.15) is 0 Å². The maximum absolute atomic E-state index is 12.8. The summed E-state index contributed by atoms with van der Waals surface area (Å²) in [6, 6.07) is 3.13. The molecule has 1 aromatic carbocycles. The maximum Gasteiger partial charge on any atom is 0.264 e. The third-order valence-electron chi connectivity index (χ3n) is 1.78. The highest BCUT2D eigenvalue weighted by atomic mass is 35.5. The van der Waals surface area contributed by atoms with Crippen molar-refractivity contribution < 1.29 is 17.6 Å². The molecule has 1 rings (SSSR count). The fourth-order valence-corrected chi connectivity index (χ4v) is 2.13. The van der Waals surface area contributed by atoms with Gasteiger partial charge in [0.1, 0.15) is 5.82 Å². The number of hydroxylamine groups is 1. The Hall–Kier alpha value is -0.690. The summed E-state index contributed by atoms with van der Waals surface area (Å²) in [6.07, 6.45) is 0. The van der Waals surface area contributed by atoms with Gasteiger partial charge in [-0.3, -0.25) is 4.84 Å². The average Bonchev–Trinajstić information content (AvgIpc) is 2.20. The minimum atomic E-state index is -3.77. The first-order valence-corrected chi connectivity index (χ1v) is 5.69. The molecule has 0 spiro atoms. The van der Waals surface area contributed by atoms with Crippen LogP contribution in [0.3, 0.4) is 0 Å². The predicted molar refractivity (Wildman–Crippen MR) is 53.4 cm³/mol. The van der Waals surface area contributed by atoms with Crippen molar-refractivity contribution in [1.29, 1.82) is 0 Å². The molecule has 0 aromatic heterocycles. The van der Waals surface area contributed by atoms with E-state index in [1.165, 1.54) is 14.2 Å². The normalized spacial score (nSPS) is 12.1. The van der Waals surface area contributed by atoms with Crippen molar-refractivity contribution in [2.45, 2.75) is 4.90 Å². The average molecular weight is 254 g/mol. The van der Waals surface area contributed by atoms with E-state index in [-0.39, 0.29) is 9.92 Å². The van der Waals surface area contributed by atoms with Crippen molar-refractivity contribution in [3.05, 3.63) is 29.0 Å². The number of rotatable bonds is 3. The van der Waals surface area contributed by atoms with Gasteiger partial charge in [0, 0.05) is 7.05 Å². The SMILES string of the molecule is CON(C)S(=O)(=O)c1ccc(F)c(Cl)c1. The highest BCUT2D eigenvalue weighted by Crippen LogP contribution is 2.21. The molecule has 0 N–H and O–H groups in total. The molecule has 0 unspecified atom stereocenters. The van der Waals surface area contributed by atoms with Crippen LogP contribution in [0.1, 0.15) is 0 Å². The Morgan fingerprint density at radius 3 is 2.53 bits per heavy atom. The minimum absolute atomic E-state index is 0.127. The zero-order chi connectivity index (χ0) is 11.6. The van der Waals surface area contributed by atoms with Crippen LogP contribution in [0.5, 0.6) is 0 Å². The molecule has 0 amide bonds. The topological polar surface area (TPSA) is 46.6 Å². The molecular weight excluding hydrogens is 245 g/mol. The van der Waals surface area contributed by atoms with Gasteiger partial charge in [0.15, 0.2) is 0 Å². The van der Waals surface area contributed by atoms with E-state index in [1.54, 1.807) is 0 Å². The van der Waals surface area contributed by atoms with Gasteiger partial charge >= 0.3 is 0 Å². The molecule has 0 aliphatic rings. The van der Waals surface area contributed by atoms with Crippen LogP contribution < -0.4 is 0 Å². The van der Waals surface area contributed by atoms with Crippen molar-refractivity contribution >= 4 is 21.6 Å². The van der Waals surface area contributed by atoms with Crippen molar-refractivity contribution in [2.75, 3.05) is 14.2 Å². The van der Waals surface area contributed by atoms with Gasteiger partial charge in [0.2, 0.25) is 0 Å². The predicted octanol–water partition coefficient (Wildman–Crippen LogP) is 1.66. The Morgan fingerprint density at radius 2 is 2.07 bits per heavy atom. The summed E-state index contributed by atoms with van der Waals surface area (Å²) < 4.78 is 36.8. The van der Waals surface area contributed by atoms with Crippen LogP contribution in [0.4, 0.5) is 4.39 Å². The standard InChI is InChI=1S/C8H9ClFNO3S/c1-11(14-2)15(12,13)6-3-4-8(10)7(9)5-6/h3-5H,1-2H3. The first kappa shape index (κ1) is 12.4. The van der Waals surface area contributed by atoms with Crippen LogP contribution in [-0.2, 0) is 14.9 Å². The summed E-state index contributed by atoms with van der Waals surface area (Å²) in [7, 11) is -1.33. The van der Waals surface area contributed by atoms with Crippen LogP contribution in [0.15, 0.2) is 23.1 Å². The molecule has 0 saturated carbocycles. The molecule has 15 heavy (non-hydrogen) atoms. The van der Waals surface area contributed by atoms with Crippen molar-refractivity contribution in [3.8, 4) is 0 Å². The smallest absolute Gasteiger partial charge is 0.264 e. The van der Waals surface area contributed by atoms with Crippen LogP contribution in [0, 0.1) is 5.82 Å². The number of halogens is 2. The van der Waals surface area contributed by atoms with E-state index in [9.17, 15) is 12.8 Å². The quantitative estimate of drug-likeness (QED) is 0.770. The van der Waals surface area contributed by atoms with Crippen LogP contribution >= 0.6 is 11.6 Å². The van der Waals surface area contributed by atoms with Gasteiger partial charge in [0.05, 0.1) is 17.0 Å². The van der Waals surface area contributed by atoms with Crippen LogP contribution in [-0.4, -0.2) is 27.0 Å². The molecule has 0 bridgehead atoms. The van der Waals surface area contributed by atoms with Crippen LogP contribution in [0.25, 0.3) is 0 Å². The Bertz CT molecular complexity index is 463. The third-order valence-corrected chi connectivity index (χ3v) is 3.75. The fourth-order valence-electron chi connectivity index (χ4n) is 0.884.